The van der Waals surface area contributed by atoms with Crippen LogP contribution in [0.1, 0.15) is 37.7 Å². The van der Waals surface area contributed by atoms with Crippen LogP contribution in [0.25, 0.3) is 0 Å². The molecule has 0 aromatic heterocycles. The van der Waals surface area contributed by atoms with Gasteiger partial charge in [-0.25, -0.2) is 17.5 Å². The number of sulfonamides is 1. The molecule has 0 unspecified atom stereocenters. The number of hydrogen-bond donors (Lipinski definition) is 2. The van der Waals surface area contributed by atoms with Crippen LogP contribution in [-0.2, 0) is 10.0 Å². The van der Waals surface area contributed by atoms with E-state index < -0.39 is 21.4 Å². The number of rotatable bonds is 4. The van der Waals surface area contributed by atoms with Crippen molar-refractivity contribution in [3.8, 4) is 0 Å². The highest BCUT2D eigenvalue weighted by Gasteiger charge is 2.31. The van der Waals surface area contributed by atoms with Crippen LogP contribution in [0.4, 0.5) is 4.39 Å². The molecular formula is C14H20FNO3S. The maximum absolute atomic E-state index is 13.4. The van der Waals surface area contributed by atoms with Gasteiger partial charge in [0.2, 0.25) is 10.0 Å². The van der Waals surface area contributed by atoms with E-state index in [1.807, 2.05) is 0 Å². The van der Waals surface area contributed by atoms with Crippen molar-refractivity contribution in [3.05, 3.63) is 29.6 Å². The molecule has 1 aliphatic rings. The summed E-state index contributed by atoms with van der Waals surface area (Å²) in [4.78, 5) is -0.111. The van der Waals surface area contributed by atoms with Crippen LogP contribution in [0.15, 0.2) is 23.1 Å². The van der Waals surface area contributed by atoms with Crippen LogP contribution in [0, 0.1) is 12.7 Å². The van der Waals surface area contributed by atoms with Crippen LogP contribution in [0.2, 0.25) is 0 Å². The van der Waals surface area contributed by atoms with Crippen LogP contribution >= 0.6 is 0 Å². The number of aliphatic hydroxyl groups is 1. The zero-order valence-electron chi connectivity index (χ0n) is 11.5. The molecule has 2 rings (SSSR count). The Balaban J connectivity index is 2.09. The molecule has 1 aromatic rings. The van der Waals surface area contributed by atoms with Crippen molar-refractivity contribution in [2.45, 2.75) is 49.5 Å². The first-order chi connectivity index (χ1) is 9.32. The van der Waals surface area contributed by atoms with Gasteiger partial charge in [0.1, 0.15) is 5.82 Å². The van der Waals surface area contributed by atoms with Gasteiger partial charge in [-0.3, -0.25) is 0 Å². The van der Waals surface area contributed by atoms with Gasteiger partial charge in [0.15, 0.2) is 0 Å². The Bertz CT molecular complexity index is 580. The van der Waals surface area contributed by atoms with E-state index in [-0.39, 0.29) is 11.4 Å². The largest absolute Gasteiger partial charge is 0.389 e. The van der Waals surface area contributed by atoms with Crippen molar-refractivity contribution in [2.75, 3.05) is 6.54 Å². The second-order valence-electron chi connectivity index (χ2n) is 5.52. The van der Waals surface area contributed by atoms with Gasteiger partial charge in [0.05, 0.1) is 10.5 Å². The van der Waals surface area contributed by atoms with Crippen molar-refractivity contribution in [2.24, 2.45) is 0 Å². The lowest BCUT2D eigenvalue weighted by Gasteiger charge is -2.32. The summed E-state index contributed by atoms with van der Waals surface area (Å²) >= 11 is 0. The van der Waals surface area contributed by atoms with Crippen molar-refractivity contribution >= 4 is 10.0 Å². The lowest BCUT2D eigenvalue weighted by molar-refractivity contribution is 0.00945. The molecule has 0 bridgehead atoms. The fourth-order valence-electron chi connectivity index (χ4n) is 2.44. The van der Waals surface area contributed by atoms with Crippen molar-refractivity contribution in [1.29, 1.82) is 0 Å². The van der Waals surface area contributed by atoms with Gasteiger partial charge in [-0.15, -0.1) is 0 Å². The third-order valence-corrected chi connectivity index (χ3v) is 5.23. The zero-order chi connectivity index (χ0) is 14.8. The summed E-state index contributed by atoms with van der Waals surface area (Å²) in [6.45, 7) is 1.55. The first-order valence-electron chi connectivity index (χ1n) is 6.81. The molecule has 4 nitrogen and oxygen atoms in total. The average molecular weight is 301 g/mol. The zero-order valence-corrected chi connectivity index (χ0v) is 12.3. The molecule has 6 heteroatoms. The Morgan fingerprint density at radius 2 is 1.95 bits per heavy atom. The van der Waals surface area contributed by atoms with Gasteiger partial charge in [-0.05, 0) is 37.5 Å². The van der Waals surface area contributed by atoms with E-state index in [0.717, 1.165) is 25.3 Å². The number of hydrogen-bond acceptors (Lipinski definition) is 3. The Hall–Kier alpha value is -0.980. The summed E-state index contributed by atoms with van der Waals surface area (Å²) in [7, 11) is -3.79. The lowest BCUT2D eigenvalue weighted by Crippen LogP contribution is -2.44. The van der Waals surface area contributed by atoms with Gasteiger partial charge in [0, 0.05) is 6.54 Å². The van der Waals surface area contributed by atoms with Crippen molar-refractivity contribution in [3.63, 3.8) is 0 Å². The third-order valence-electron chi connectivity index (χ3n) is 3.83. The third kappa shape index (κ3) is 3.56. The predicted molar refractivity (Wildman–Crippen MR) is 74.4 cm³/mol. The molecule has 1 fully saturated rings. The van der Waals surface area contributed by atoms with E-state index in [4.69, 9.17) is 0 Å². The Morgan fingerprint density at radius 1 is 1.30 bits per heavy atom. The number of halogens is 1. The maximum Gasteiger partial charge on any atom is 0.240 e. The van der Waals surface area contributed by atoms with E-state index in [1.54, 1.807) is 6.92 Å². The topological polar surface area (TPSA) is 66.4 Å². The normalized spacial score (nSPS) is 18.9. The molecule has 20 heavy (non-hydrogen) atoms. The summed E-state index contributed by atoms with van der Waals surface area (Å²) in [5.41, 5.74) is -0.580. The molecule has 112 valence electrons. The summed E-state index contributed by atoms with van der Waals surface area (Å²) in [6, 6.07) is 3.80. The second kappa shape index (κ2) is 5.79. The average Bonchev–Trinajstić information content (AvgIpc) is 2.41. The molecule has 1 aromatic carbocycles. The highest BCUT2D eigenvalue weighted by atomic mass is 32.2. The number of aryl methyl sites for hydroxylation is 1. The maximum atomic E-state index is 13.4. The molecule has 0 amide bonds. The van der Waals surface area contributed by atoms with Crippen LogP contribution < -0.4 is 4.72 Å². The molecule has 0 heterocycles. The van der Waals surface area contributed by atoms with Crippen LogP contribution in [-0.4, -0.2) is 25.7 Å². The second-order valence-corrected chi connectivity index (χ2v) is 7.29. The Labute approximate surface area is 119 Å². The number of nitrogens with one attached hydrogen (secondary N) is 1. The monoisotopic (exact) mass is 301 g/mol. The highest BCUT2D eigenvalue weighted by molar-refractivity contribution is 7.89. The first kappa shape index (κ1) is 15.4. The van der Waals surface area contributed by atoms with Crippen molar-refractivity contribution < 1.29 is 17.9 Å². The highest BCUT2D eigenvalue weighted by Crippen LogP contribution is 2.27. The molecule has 0 spiro atoms. The minimum absolute atomic E-state index is 0.0230. The summed E-state index contributed by atoms with van der Waals surface area (Å²) in [5.74, 6) is -0.552. The van der Waals surface area contributed by atoms with Gasteiger partial charge in [-0.2, -0.15) is 0 Å². The van der Waals surface area contributed by atoms with E-state index in [0.29, 0.717) is 18.4 Å². The quantitative estimate of drug-likeness (QED) is 0.895. The standard InChI is InChI=1S/C14H20FNO3S/c1-11-5-6-12(9-13(11)15)20(18,19)16-10-14(17)7-3-2-4-8-14/h5-6,9,16-17H,2-4,7-8,10H2,1H3. The van der Waals surface area contributed by atoms with Gasteiger partial charge < -0.3 is 5.11 Å². The molecular weight excluding hydrogens is 281 g/mol. The molecule has 1 aliphatic carbocycles. The van der Waals surface area contributed by atoms with E-state index in [2.05, 4.69) is 4.72 Å². The molecule has 1 saturated carbocycles. The van der Waals surface area contributed by atoms with Gasteiger partial charge >= 0.3 is 0 Å². The summed E-state index contributed by atoms with van der Waals surface area (Å²) < 4.78 is 40.0. The number of benzene rings is 1. The molecule has 0 radical (unpaired) electrons. The van der Waals surface area contributed by atoms with Gasteiger partial charge in [-0.1, -0.05) is 25.3 Å². The molecule has 0 aliphatic heterocycles. The van der Waals surface area contributed by atoms with Crippen LogP contribution in [0.5, 0.6) is 0 Å². The van der Waals surface area contributed by atoms with Gasteiger partial charge in [0.25, 0.3) is 0 Å². The first-order valence-corrected chi connectivity index (χ1v) is 8.29. The molecule has 0 atom stereocenters. The molecule has 0 saturated heterocycles. The van der Waals surface area contributed by atoms with Crippen molar-refractivity contribution in [1.82, 2.24) is 4.72 Å². The minimum Gasteiger partial charge on any atom is -0.389 e. The smallest absolute Gasteiger partial charge is 0.240 e. The predicted octanol–water partition coefficient (Wildman–Crippen LogP) is 2.11. The fourth-order valence-corrected chi connectivity index (χ4v) is 3.57. The Kier molecular flexibility index (Phi) is 4.46. The summed E-state index contributed by atoms with van der Waals surface area (Å²) in [6.07, 6.45) is 4.06. The SMILES string of the molecule is Cc1ccc(S(=O)(=O)NCC2(O)CCCCC2)cc1F. The van der Waals surface area contributed by atoms with E-state index in [1.165, 1.54) is 12.1 Å². The summed E-state index contributed by atoms with van der Waals surface area (Å²) in [5, 5.41) is 10.3. The molecule has 2 N–H and O–H groups in total. The fraction of sp³-hybridized carbons (Fsp3) is 0.571. The van der Waals surface area contributed by atoms with Crippen LogP contribution in [0.3, 0.4) is 0 Å². The Morgan fingerprint density at radius 3 is 2.55 bits per heavy atom. The minimum atomic E-state index is -3.79. The van der Waals surface area contributed by atoms with E-state index >= 15 is 0 Å². The lowest BCUT2D eigenvalue weighted by atomic mass is 9.85. The van der Waals surface area contributed by atoms with E-state index in [9.17, 15) is 17.9 Å².